The van der Waals surface area contributed by atoms with Gasteiger partial charge in [-0.25, -0.2) is 5.01 Å². The lowest BCUT2D eigenvalue weighted by molar-refractivity contribution is -0.167. The van der Waals surface area contributed by atoms with Gasteiger partial charge < -0.3 is 14.8 Å². The summed E-state index contributed by atoms with van der Waals surface area (Å²) in [7, 11) is 1.60. The fourth-order valence-electron chi connectivity index (χ4n) is 4.28. The molecule has 4 rings (SSSR count). The smallest absolute Gasteiger partial charge is 0.471 e. The molecule has 1 heterocycles. The predicted molar refractivity (Wildman–Crippen MR) is 136 cm³/mol. The van der Waals surface area contributed by atoms with Crippen molar-refractivity contribution in [3.05, 3.63) is 53.6 Å². The monoisotopic (exact) mass is 535 g/mol. The Kier molecular flexibility index (Phi) is 8.31. The number of alkyl halides is 3. The average molecular weight is 536 g/mol. The highest BCUT2D eigenvalue weighted by atomic mass is 32.2. The molecule has 198 valence electrons. The molecule has 0 bridgehead atoms. The molecule has 2 aromatic rings. The van der Waals surface area contributed by atoms with Crippen LogP contribution in [0, 0.1) is 0 Å². The van der Waals surface area contributed by atoms with E-state index in [0.717, 1.165) is 37.0 Å². The summed E-state index contributed by atoms with van der Waals surface area (Å²) in [5.41, 5.74) is 2.22. The molecule has 11 heteroatoms. The number of hydrogen-bond acceptors (Lipinski definition) is 6. The second-order valence-electron chi connectivity index (χ2n) is 8.86. The highest BCUT2D eigenvalue weighted by Crippen LogP contribution is 2.36. The molecule has 1 saturated carbocycles. The van der Waals surface area contributed by atoms with E-state index in [-0.39, 0.29) is 28.8 Å². The zero-order valence-electron chi connectivity index (χ0n) is 20.5. The molecule has 1 aliphatic heterocycles. The fraction of sp³-hybridized carbons (Fsp3) is 0.423. The van der Waals surface area contributed by atoms with E-state index in [1.54, 1.807) is 24.6 Å². The van der Waals surface area contributed by atoms with Crippen LogP contribution in [0.2, 0.25) is 0 Å². The number of ether oxygens (including phenoxy) is 2. The van der Waals surface area contributed by atoms with Crippen LogP contribution in [0.4, 0.5) is 23.7 Å². The first-order chi connectivity index (χ1) is 17.7. The number of halogens is 3. The number of hydrazone groups is 1. The molecule has 0 radical (unpaired) electrons. The van der Waals surface area contributed by atoms with Crippen LogP contribution >= 0.6 is 11.8 Å². The van der Waals surface area contributed by atoms with Crippen LogP contribution in [0.3, 0.4) is 0 Å². The summed E-state index contributed by atoms with van der Waals surface area (Å²) >= 11 is 1.18. The van der Waals surface area contributed by atoms with E-state index in [2.05, 4.69) is 5.10 Å². The molecule has 7 nitrogen and oxygen atoms in total. The number of amides is 2. The van der Waals surface area contributed by atoms with Crippen molar-refractivity contribution in [2.45, 2.75) is 63.1 Å². The van der Waals surface area contributed by atoms with Gasteiger partial charge in [0, 0.05) is 11.3 Å². The number of methoxy groups -OCH3 is 1. The molecule has 37 heavy (non-hydrogen) atoms. The van der Waals surface area contributed by atoms with Crippen molar-refractivity contribution in [3.63, 3.8) is 0 Å². The van der Waals surface area contributed by atoms with E-state index in [1.165, 1.54) is 28.9 Å². The first-order valence-corrected chi connectivity index (χ1v) is 12.9. The molecule has 1 atom stereocenters. The topological polar surface area (TPSA) is 80.2 Å². The third-order valence-corrected chi connectivity index (χ3v) is 7.47. The molecule has 2 aliphatic rings. The van der Waals surface area contributed by atoms with Gasteiger partial charge in [0.1, 0.15) is 0 Å². The van der Waals surface area contributed by atoms with Gasteiger partial charge in [-0.3, -0.25) is 9.59 Å². The molecule has 0 saturated heterocycles. The first-order valence-electron chi connectivity index (χ1n) is 12.1. The maximum absolute atomic E-state index is 12.8. The molecular formula is C26H28F3N3O4S. The quantitative estimate of drug-likeness (QED) is 0.425. The standard InChI is InChI=1S/C26H28F3N3O4S/c1-3-22-23(17-10-13-20(35-2)21(14-17)36-19-6-4-5-7-19)31-32(25(34)37-22)15-16-8-11-18(12-9-16)30-24(33)26(27,28)29/h8-14,19,22H,3-7,15H2,1-2H3,(H,30,33). The van der Waals surface area contributed by atoms with Crippen molar-refractivity contribution < 1.29 is 32.2 Å². The van der Waals surface area contributed by atoms with Crippen LogP contribution in [0.1, 0.15) is 50.2 Å². The SMILES string of the molecule is CCC1SC(=O)N(Cc2ccc(NC(=O)C(F)(F)F)cc2)N=C1c1ccc(OC)c(OC2CCCC2)c1. The van der Waals surface area contributed by atoms with Crippen LogP contribution in [-0.4, -0.2) is 46.5 Å². The van der Waals surface area contributed by atoms with E-state index in [4.69, 9.17) is 9.47 Å². The number of hydrogen-bond donors (Lipinski definition) is 1. The number of benzene rings is 2. The summed E-state index contributed by atoms with van der Waals surface area (Å²) < 4.78 is 49.2. The molecular weight excluding hydrogens is 507 g/mol. The lowest BCUT2D eigenvalue weighted by atomic mass is 10.0. The number of carbonyl (C=O) groups is 2. The Balaban J connectivity index is 1.55. The minimum atomic E-state index is -4.97. The minimum Gasteiger partial charge on any atom is -0.493 e. The predicted octanol–water partition coefficient (Wildman–Crippen LogP) is 6.37. The third-order valence-electron chi connectivity index (χ3n) is 6.21. The molecule has 0 aromatic heterocycles. The summed E-state index contributed by atoms with van der Waals surface area (Å²) in [6, 6.07) is 11.5. The van der Waals surface area contributed by atoms with E-state index >= 15 is 0 Å². The van der Waals surface area contributed by atoms with E-state index in [9.17, 15) is 22.8 Å². The lowest BCUT2D eigenvalue weighted by Gasteiger charge is -2.29. The van der Waals surface area contributed by atoms with Gasteiger partial charge in [0.05, 0.1) is 30.7 Å². The fourth-order valence-corrected chi connectivity index (χ4v) is 5.21. The van der Waals surface area contributed by atoms with E-state index in [1.807, 2.05) is 25.1 Å². The van der Waals surface area contributed by atoms with Crippen LogP contribution in [0.25, 0.3) is 0 Å². The number of thioether (sulfide) groups is 1. The van der Waals surface area contributed by atoms with Crippen molar-refractivity contribution in [2.24, 2.45) is 5.10 Å². The summed E-state index contributed by atoms with van der Waals surface area (Å²) in [4.78, 5) is 24.0. The molecule has 2 aromatic carbocycles. The highest BCUT2D eigenvalue weighted by molar-refractivity contribution is 8.14. The Morgan fingerprint density at radius 2 is 1.84 bits per heavy atom. The summed E-state index contributed by atoms with van der Waals surface area (Å²) in [5, 5.41) is 7.46. The molecule has 1 aliphatic carbocycles. The molecule has 0 spiro atoms. The number of rotatable bonds is 8. The summed E-state index contributed by atoms with van der Waals surface area (Å²) in [5.74, 6) is -0.758. The molecule has 1 unspecified atom stereocenters. The largest absolute Gasteiger partial charge is 0.493 e. The van der Waals surface area contributed by atoms with Gasteiger partial charge in [0.15, 0.2) is 11.5 Å². The first kappa shape index (κ1) is 26.8. The number of anilines is 1. The van der Waals surface area contributed by atoms with Gasteiger partial charge >= 0.3 is 17.3 Å². The van der Waals surface area contributed by atoms with E-state index in [0.29, 0.717) is 23.5 Å². The van der Waals surface area contributed by atoms with Crippen molar-refractivity contribution in [3.8, 4) is 11.5 Å². The van der Waals surface area contributed by atoms with Crippen LogP contribution in [-0.2, 0) is 11.3 Å². The summed E-state index contributed by atoms with van der Waals surface area (Å²) in [6.45, 7) is 2.12. The third kappa shape index (κ3) is 6.57. The van der Waals surface area contributed by atoms with Crippen molar-refractivity contribution >= 4 is 34.3 Å². The molecule has 1 N–H and O–H groups in total. The number of nitrogens with one attached hydrogen (secondary N) is 1. The average Bonchev–Trinajstić information content (AvgIpc) is 3.38. The van der Waals surface area contributed by atoms with Gasteiger partial charge in [-0.15, -0.1) is 0 Å². The van der Waals surface area contributed by atoms with Crippen LogP contribution < -0.4 is 14.8 Å². The highest BCUT2D eigenvalue weighted by Gasteiger charge is 2.38. The van der Waals surface area contributed by atoms with Crippen molar-refractivity contribution in [1.82, 2.24) is 5.01 Å². The van der Waals surface area contributed by atoms with Crippen molar-refractivity contribution in [2.75, 3.05) is 12.4 Å². The Hall–Kier alpha value is -3.21. The number of nitrogens with zero attached hydrogens (tertiary/aromatic N) is 2. The van der Waals surface area contributed by atoms with Crippen LogP contribution in [0.15, 0.2) is 47.6 Å². The van der Waals surface area contributed by atoms with Crippen molar-refractivity contribution in [1.29, 1.82) is 0 Å². The minimum absolute atomic E-state index is 0.00804. The van der Waals surface area contributed by atoms with Crippen LogP contribution in [0.5, 0.6) is 11.5 Å². The maximum Gasteiger partial charge on any atom is 0.471 e. The zero-order chi connectivity index (χ0) is 26.6. The van der Waals surface area contributed by atoms with Gasteiger partial charge in [-0.1, -0.05) is 30.8 Å². The second kappa shape index (κ2) is 11.5. The Morgan fingerprint density at radius 3 is 2.46 bits per heavy atom. The molecule has 1 fully saturated rings. The lowest BCUT2D eigenvalue weighted by Crippen LogP contribution is -2.34. The summed E-state index contributed by atoms with van der Waals surface area (Å²) in [6.07, 6.45) is 0.158. The number of carbonyl (C=O) groups excluding carboxylic acids is 2. The Bertz CT molecular complexity index is 1160. The van der Waals surface area contributed by atoms with Gasteiger partial charge in [0.25, 0.3) is 0 Å². The second-order valence-corrected chi connectivity index (χ2v) is 10.0. The maximum atomic E-state index is 12.8. The Labute approximate surface area is 217 Å². The Morgan fingerprint density at radius 1 is 1.14 bits per heavy atom. The zero-order valence-corrected chi connectivity index (χ0v) is 21.3. The van der Waals surface area contributed by atoms with E-state index < -0.39 is 12.1 Å². The molecule has 2 amide bonds. The van der Waals surface area contributed by atoms with Gasteiger partial charge in [-0.05, 0) is 68.0 Å². The van der Waals surface area contributed by atoms with Gasteiger partial charge in [0.2, 0.25) is 0 Å². The van der Waals surface area contributed by atoms with Gasteiger partial charge in [-0.2, -0.15) is 18.3 Å². The normalized spacial score (nSPS) is 18.5.